The van der Waals surface area contributed by atoms with Gasteiger partial charge in [-0.2, -0.15) is 0 Å². The Morgan fingerprint density at radius 2 is 2.20 bits per heavy atom. The molecule has 0 saturated carbocycles. The Bertz CT molecular complexity index is 592. The first-order chi connectivity index (χ1) is 9.60. The minimum absolute atomic E-state index is 0.0775. The number of nitrogens with zero attached hydrogens (tertiary/aromatic N) is 1. The molecule has 1 aromatic heterocycles. The fourth-order valence-electron chi connectivity index (χ4n) is 2.10. The van der Waals surface area contributed by atoms with Crippen LogP contribution >= 0.6 is 0 Å². The van der Waals surface area contributed by atoms with Crippen LogP contribution < -0.4 is 10.6 Å². The quantitative estimate of drug-likeness (QED) is 0.881. The van der Waals surface area contributed by atoms with Gasteiger partial charge in [0.2, 0.25) is 0 Å². The molecule has 0 spiro atoms. The summed E-state index contributed by atoms with van der Waals surface area (Å²) < 4.78 is 7.02. The summed E-state index contributed by atoms with van der Waals surface area (Å²) in [6.45, 7) is 2.59. The van der Waals surface area contributed by atoms with Gasteiger partial charge in [0.05, 0.1) is 0 Å². The van der Waals surface area contributed by atoms with E-state index in [1.54, 1.807) is 7.11 Å². The molecule has 1 unspecified atom stereocenters. The molecular formula is C15H21N3O2. The van der Waals surface area contributed by atoms with Crippen molar-refractivity contribution in [2.24, 2.45) is 7.05 Å². The maximum Gasteiger partial charge on any atom is 0.319 e. The van der Waals surface area contributed by atoms with Gasteiger partial charge < -0.3 is 19.9 Å². The summed E-state index contributed by atoms with van der Waals surface area (Å²) in [7, 11) is 3.64. The van der Waals surface area contributed by atoms with Crippen molar-refractivity contribution in [3.8, 4) is 0 Å². The Balaban J connectivity index is 1.97. The number of carbonyl (C=O) groups excluding carboxylic acids is 1. The molecule has 20 heavy (non-hydrogen) atoms. The maximum absolute atomic E-state index is 11.9. The lowest BCUT2D eigenvalue weighted by molar-refractivity contribution is 0.185. The van der Waals surface area contributed by atoms with Gasteiger partial charge in [-0.3, -0.25) is 0 Å². The molecule has 0 fully saturated rings. The van der Waals surface area contributed by atoms with E-state index in [0.29, 0.717) is 6.61 Å². The Labute approximate surface area is 118 Å². The highest BCUT2D eigenvalue weighted by atomic mass is 16.5. The number of aryl methyl sites for hydroxylation is 1. The smallest absolute Gasteiger partial charge is 0.319 e. The van der Waals surface area contributed by atoms with Crippen LogP contribution in [0.25, 0.3) is 10.9 Å². The third kappa shape index (κ3) is 3.51. The molecule has 0 aliphatic carbocycles. The van der Waals surface area contributed by atoms with E-state index in [0.717, 1.165) is 23.0 Å². The van der Waals surface area contributed by atoms with E-state index >= 15 is 0 Å². The Morgan fingerprint density at radius 3 is 2.95 bits per heavy atom. The number of nitrogens with one attached hydrogen (secondary N) is 2. The average Bonchev–Trinajstić information content (AvgIpc) is 2.78. The zero-order chi connectivity index (χ0) is 14.5. The number of carbonyl (C=O) groups is 1. The molecule has 1 atom stereocenters. The highest BCUT2D eigenvalue weighted by Gasteiger charge is 2.08. The summed E-state index contributed by atoms with van der Waals surface area (Å²) in [4.78, 5) is 11.9. The van der Waals surface area contributed by atoms with Crippen molar-refractivity contribution in [3.63, 3.8) is 0 Å². The van der Waals surface area contributed by atoms with E-state index in [1.165, 1.54) is 0 Å². The number of rotatable bonds is 5. The van der Waals surface area contributed by atoms with E-state index in [4.69, 9.17) is 4.74 Å². The predicted molar refractivity (Wildman–Crippen MR) is 81.0 cm³/mol. The molecule has 2 amide bonds. The second-order valence-corrected chi connectivity index (χ2v) is 4.98. The third-order valence-electron chi connectivity index (χ3n) is 3.28. The van der Waals surface area contributed by atoms with Gasteiger partial charge in [-0.15, -0.1) is 0 Å². The molecule has 2 N–H and O–H groups in total. The average molecular weight is 275 g/mol. The zero-order valence-corrected chi connectivity index (χ0v) is 12.1. The van der Waals surface area contributed by atoms with Crippen LogP contribution in [0.15, 0.2) is 30.5 Å². The van der Waals surface area contributed by atoms with Crippen LogP contribution in [0.2, 0.25) is 0 Å². The first-order valence-electron chi connectivity index (χ1n) is 6.71. The second-order valence-electron chi connectivity index (χ2n) is 4.98. The molecule has 1 aromatic carbocycles. The molecule has 2 aromatic rings. The van der Waals surface area contributed by atoms with E-state index in [2.05, 4.69) is 10.6 Å². The first kappa shape index (κ1) is 14.4. The zero-order valence-electron chi connectivity index (χ0n) is 12.1. The summed E-state index contributed by atoms with van der Waals surface area (Å²) in [6.07, 6.45) is 2.79. The lowest BCUT2D eigenvalue weighted by Crippen LogP contribution is -2.36. The highest BCUT2D eigenvalue weighted by Crippen LogP contribution is 2.19. The molecule has 1 heterocycles. The number of hydrogen-bond acceptors (Lipinski definition) is 2. The fraction of sp³-hybridized carbons (Fsp3) is 0.400. The molecule has 5 heteroatoms. The molecule has 0 aliphatic heterocycles. The maximum atomic E-state index is 11.9. The SMILES string of the molecule is COCCC(C)NC(=O)Nc1ccc2ccn(C)c2c1. The van der Waals surface area contributed by atoms with Gasteiger partial charge in [0.1, 0.15) is 0 Å². The predicted octanol–water partition coefficient (Wildman–Crippen LogP) is 2.72. The monoisotopic (exact) mass is 275 g/mol. The van der Waals surface area contributed by atoms with Crippen LogP contribution in [0.4, 0.5) is 10.5 Å². The van der Waals surface area contributed by atoms with Gasteiger partial charge in [-0.25, -0.2) is 4.79 Å². The van der Waals surface area contributed by atoms with Gasteiger partial charge in [-0.1, -0.05) is 6.07 Å². The topological polar surface area (TPSA) is 55.3 Å². The number of hydrogen-bond donors (Lipinski definition) is 2. The molecule has 0 aliphatic rings. The molecule has 0 bridgehead atoms. The number of benzene rings is 1. The molecule has 5 nitrogen and oxygen atoms in total. The number of amides is 2. The molecule has 0 radical (unpaired) electrons. The summed E-state index contributed by atoms with van der Waals surface area (Å²) in [6, 6.07) is 7.80. The normalized spacial score (nSPS) is 12.3. The van der Waals surface area contributed by atoms with E-state index in [1.807, 2.05) is 49.0 Å². The first-order valence-corrected chi connectivity index (χ1v) is 6.71. The summed E-state index contributed by atoms with van der Waals surface area (Å²) >= 11 is 0. The van der Waals surface area contributed by atoms with Crippen molar-refractivity contribution in [1.29, 1.82) is 0 Å². The van der Waals surface area contributed by atoms with E-state index < -0.39 is 0 Å². The van der Waals surface area contributed by atoms with Gasteiger partial charge >= 0.3 is 6.03 Å². The standard InChI is InChI=1S/C15H21N3O2/c1-11(7-9-20-3)16-15(19)17-13-5-4-12-6-8-18(2)14(12)10-13/h4-6,8,10-11H,7,9H2,1-3H3,(H2,16,17,19). The van der Waals surface area contributed by atoms with Gasteiger partial charge in [0, 0.05) is 44.2 Å². The van der Waals surface area contributed by atoms with Crippen molar-refractivity contribution in [2.75, 3.05) is 19.0 Å². The number of aromatic nitrogens is 1. The van der Waals surface area contributed by atoms with Crippen LogP contribution in [-0.2, 0) is 11.8 Å². The summed E-state index contributed by atoms with van der Waals surface area (Å²) in [5.74, 6) is 0. The van der Waals surface area contributed by atoms with Crippen LogP contribution in [-0.4, -0.2) is 30.4 Å². The Hall–Kier alpha value is -2.01. The largest absolute Gasteiger partial charge is 0.385 e. The number of fused-ring (bicyclic) bond motifs is 1. The van der Waals surface area contributed by atoms with Crippen molar-refractivity contribution >= 4 is 22.6 Å². The van der Waals surface area contributed by atoms with Crippen LogP contribution in [0, 0.1) is 0 Å². The lowest BCUT2D eigenvalue weighted by Gasteiger charge is -2.14. The number of ether oxygens (including phenoxy) is 1. The minimum atomic E-state index is -0.192. The van der Waals surface area contributed by atoms with Gasteiger partial charge in [0.25, 0.3) is 0 Å². The van der Waals surface area contributed by atoms with Gasteiger partial charge in [0.15, 0.2) is 0 Å². The van der Waals surface area contributed by atoms with Crippen molar-refractivity contribution in [3.05, 3.63) is 30.5 Å². The van der Waals surface area contributed by atoms with Crippen LogP contribution in [0.5, 0.6) is 0 Å². The third-order valence-corrected chi connectivity index (χ3v) is 3.28. The number of urea groups is 1. The van der Waals surface area contributed by atoms with Gasteiger partial charge in [-0.05, 0) is 36.9 Å². The van der Waals surface area contributed by atoms with Crippen molar-refractivity contribution < 1.29 is 9.53 Å². The lowest BCUT2D eigenvalue weighted by atomic mass is 10.2. The summed E-state index contributed by atoms with van der Waals surface area (Å²) in [5.41, 5.74) is 1.88. The Morgan fingerprint density at radius 1 is 1.40 bits per heavy atom. The minimum Gasteiger partial charge on any atom is -0.385 e. The van der Waals surface area contributed by atoms with E-state index in [-0.39, 0.29) is 12.1 Å². The van der Waals surface area contributed by atoms with Crippen molar-refractivity contribution in [1.82, 2.24) is 9.88 Å². The highest BCUT2D eigenvalue weighted by molar-refractivity contribution is 5.92. The van der Waals surface area contributed by atoms with Crippen LogP contribution in [0.1, 0.15) is 13.3 Å². The number of anilines is 1. The van der Waals surface area contributed by atoms with E-state index in [9.17, 15) is 4.79 Å². The Kier molecular flexibility index (Phi) is 4.63. The molecule has 108 valence electrons. The fourth-order valence-corrected chi connectivity index (χ4v) is 2.10. The second kappa shape index (κ2) is 6.43. The molecule has 0 saturated heterocycles. The number of methoxy groups -OCH3 is 1. The summed E-state index contributed by atoms with van der Waals surface area (Å²) in [5, 5.41) is 6.90. The molecular weight excluding hydrogens is 254 g/mol. The van der Waals surface area contributed by atoms with Crippen LogP contribution in [0.3, 0.4) is 0 Å². The van der Waals surface area contributed by atoms with Crippen molar-refractivity contribution in [2.45, 2.75) is 19.4 Å². The molecule has 2 rings (SSSR count).